The maximum atomic E-state index is 2.52. The Morgan fingerprint density at radius 1 is 0.917 bits per heavy atom. The number of hydrogen-bond donors (Lipinski definition) is 0. The Balaban J connectivity index is 0.00000104. The molecule has 0 fully saturated rings. The smallest absolute Gasteiger partial charge is 0.147 e. The quantitative estimate of drug-likeness (QED) is 0.491. The van der Waals surface area contributed by atoms with Gasteiger partial charge < -0.3 is 0 Å². The van der Waals surface area contributed by atoms with Gasteiger partial charge in [-0.2, -0.15) is 0 Å². The second-order valence-corrected chi connectivity index (χ2v) is 8.36. The summed E-state index contributed by atoms with van der Waals surface area (Å²) in [5.41, 5.74) is 13.6. The molecule has 0 heterocycles. The van der Waals surface area contributed by atoms with E-state index in [0.717, 1.165) is 0 Å². The monoisotopic (exact) mass is 435 g/mol. The molecule has 125 valence electrons. The fraction of sp³-hybridized carbons (Fsp3) is 0.333. The maximum Gasteiger partial charge on any atom is -0.147 e. The van der Waals surface area contributed by atoms with Crippen LogP contribution in [0.5, 0.6) is 0 Å². The molecule has 0 radical (unpaired) electrons. The molecule has 3 heteroatoms. The molecule has 0 aliphatic heterocycles. The first-order chi connectivity index (χ1) is 10.5. The first kappa shape index (κ1) is 20.0. The van der Waals surface area contributed by atoms with Crippen molar-refractivity contribution in [2.24, 2.45) is 0 Å². The molecule has 1 unspecified atom stereocenters. The molecule has 2 aliphatic carbocycles. The molecule has 0 saturated heterocycles. The molecule has 2 aromatic carbocycles. The summed E-state index contributed by atoms with van der Waals surface area (Å²) in [5, 5.41) is 0. The van der Waals surface area contributed by atoms with Gasteiger partial charge in [-0.15, -0.1) is 24.8 Å². The second kappa shape index (κ2) is 7.49. The van der Waals surface area contributed by atoms with Gasteiger partial charge in [-0.3, -0.25) is 0 Å². The summed E-state index contributed by atoms with van der Waals surface area (Å²) >= 11 is 1.62. The molecule has 0 nitrogen and oxygen atoms in total. The Bertz CT molecular complexity index is 801. The predicted molar refractivity (Wildman–Crippen MR) is 104 cm³/mol. The van der Waals surface area contributed by atoms with E-state index in [4.69, 9.17) is 0 Å². The summed E-state index contributed by atoms with van der Waals surface area (Å²) in [4.78, 5) is 0. The standard InChI is InChI=1S/C21H21.2ClH.Zr/c1-13-7-14(2)10-18(9-13)21-19-6-4-5-16(19)12-17-8-15(3)11-20(17)21;;;/h7-12H,4-6H2,1-3H3;2*1H;. The molecule has 0 saturated carbocycles. The van der Waals surface area contributed by atoms with E-state index in [9.17, 15) is 0 Å². The van der Waals surface area contributed by atoms with Crippen LogP contribution >= 0.6 is 24.8 Å². The third-order valence-corrected chi connectivity index (χ3v) is 7.00. The summed E-state index contributed by atoms with van der Waals surface area (Å²) < 4.78 is 0.665. The largest absolute Gasteiger partial charge is 0.147 e. The van der Waals surface area contributed by atoms with Crippen LogP contribution in [0.15, 0.2) is 29.8 Å². The zero-order chi connectivity index (χ0) is 15.4. The number of benzene rings is 2. The molecule has 0 spiro atoms. The van der Waals surface area contributed by atoms with Crippen LogP contribution in [0.3, 0.4) is 0 Å². The summed E-state index contributed by atoms with van der Waals surface area (Å²) in [7, 11) is 0. The SMILES string of the molecule is CC1=Cc2c(cc3c(c2-c2cc(C)cc(C)c2)CCC3)[CH]1[Zr].Cl.Cl. The first-order valence-corrected chi connectivity index (χ1v) is 9.63. The van der Waals surface area contributed by atoms with Crippen molar-refractivity contribution in [1.82, 2.24) is 0 Å². The minimum absolute atomic E-state index is 0. The summed E-state index contributed by atoms with van der Waals surface area (Å²) in [6.07, 6.45) is 6.29. The molecule has 0 N–H and O–H groups in total. The Morgan fingerprint density at radius 3 is 2.25 bits per heavy atom. The van der Waals surface area contributed by atoms with Crippen LogP contribution in [-0.2, 0) is 37.6 Å². The minimum atomic E-state index is 0. The normalized spacial score (nSPS) is 17.4. The zero-order valence-electron chi connectivity index (χ0n) is 14.4. The van der Waals surface area contributed by atoms with Crippen molar-refractivity contribution in [3.8, 4) is 11.1 Å². The minimum Gasteiger partial charge on any atom is -0.147 e. The van der Waals surface area contributed by atoms with Crippen LogP contribution in [0.2, 0.25) is 0 Å². The molecule has 2 aliphatic rings. The topological polar surface area (TPSA) is 0 Å². The average molecular weight is 438 g/mol. The summed E-state index contributed by atoms with van der Waals surface area (Å²) in [6.45, 7) is 6.73. The Morgan fingerprint density at radius 2 is 1.58 bits per heavy atom. The number of hydrogen-bond acceptors (Lipinski definition) is 0. The van der Waals surface area contributed by atoms with Gasteiger partial charge in [0.2, 0.25) is 0 Å². The average Bonchev–Trinajstić information content (AvgIpc) is 3.01. The molecule has 4 rings (SSSR count). The summed E-state index contributed by atoms with van der Waals surface area (Å²) in [5.74, 6) is 0. The molecule has 0 bridgehead atoms. The van der Waals surface area contributed by atoms with E-state index in [2.05, 4.69) is 51.1 Å². The van der Waals surface area contributed by atoms with E-state index in [1.807, 2.05) is 0 Å². The van der Waals surface area contributed by atoms with Gasteiger partial charge in [0.1, 0.15) is 0 Å². The predicted octanol–water partition coefficient (Wildman–Crippen LogP) is 6.31. The van der Waals surface area contributed by atoms with Gasteiger partial charge in [-0.1, -0.05) is 0 Å². The third kappa shape index (κ3) is 3.21. The van der Waals surface area contributed by atoms with Crippen molar-refractivity contribution in [1.29, 1.82) is 0 Å². The van der Waals surface area contributed by atoms with E-state index >= 15 is 0 Å². The van der Waals surface area contributed by atoms with Crippen molar-refractivity contribution >= 4 is 30.9 Å². The Labute approximate surface area is 172 Å². The van der Waals surface area contributed by atoms with E-state index in [0.29, 0.717) is 3.63 Å². The molecule has 2 aromatic rings. The van der Waals surface area contributed by atoms with Gasteiger partial charge in [0.15, 0.2) is 0 Å². The number of halogens is 2. The summed E-state index contributed by atoms with van der Waals surface area (Å²) in [6, 6.07) is 9.55. The van der Waals surface area contributed by atoms with Crippen LogP contribution in [0, 0.1) is 13.8 Å². The van der Waals surface area contributed by atoms with Crippen LogP contribution in [-0.4, -0.2) is 0 Å². The molecule has 0 aromatic heterocycles. The van der Waals surface area contributed by atoms with Gasteiger partial charge in [0, 0.05) is 0 Å². The van der Waals surface area contributed by atoms with E-state index in [1.54, 1.807) is 52.5 Å². The van der Waals surface area contributed by atoms with Gasteiger partial charge >= 0.3 is 149 Å². The van der Waals surface area contributed by atoms with Crippen molar-refractivity contribution in [3.05, 3.63) is 63.2 Å². The number of aryl methyl sites for hydroxylation is 3. The molecular weight excluding hydrogens is 414 g/mol. The maximum absolute atomic E-state index is 2.52. The third-order valence-electron chi connectivity index (χ3n) is 5.12. The fourth-order valence-corrected chi connectivity index (χ4v) is 4.98. The van der Waals surface area contributed by atoms with Crippen LogP contribution in [0.25, 0.3) is 17.2 Å². The molecule has 1 atom stereocenters. The van der Waals surface area contributed by atoms with Gasteiger partial charge in [-0.25, -0.2) is 0 Å². The van der Waals surface area contributed by atoms with Crippen LogP contribution in [0.1, 0.15) is 50.4 Å². The van der Waals surface area contributed by atoms with Crippen molar-refractivity contribution in [2.45, 2.75) is 43.7 Å². The number of allylic oxidation sites excluding steroid dienone is 1. The first-order valence-electron chi connectivity index (χ1n) is 8.21. The fourth-order valence-electron chi connectivity index (χ4n) is 4.18. The van der Waals surface area contributed by atoms with Crippen molar-refractivity contribution < 1.29 is 24.7 Å². The van der Waals surface area contributed by atoms with Crippen LogP contribution < -0.4 is 0 Å². The Hall–Kier alpha value is -0.357. The van der Waals surface area contributed by atoms with Crippen LogP contribution in [0.4, 0.5) is 0 Å². The van der Waals surface area contributed by atoms with Gasteiger partial charge in [-0.05, 0) is 0 Å². The van der Waals surface area contributed by atoms with E-state index < -0.39 is 0 Å². The van der Waals surface area contributed by atoms with Crippen molar-refractivity contribution in [2.75, 3.05) is 0 Å². The second-order valence-electron chi connectivity index (χ2n) is 6.94. The molecule has 0 amide bonds. The number of rotatable bonds is 1. The molecule has 24 heavy (non-hydrogen) atoms. The zero-order valence-corrected chi connectivity index (χ0v) is 18.5. The van der Waals surface area contributed by atoms with Gasteiger partial charge in [0.25, 0.3) is 0 Å². The number of fused-ring (bicyclic) bond motifs is 2. The Kier molecular flexibility index (Phi) is 6.23. The van der Waals surface area contributed by atoms with E-state index in [1.165, 1.54) is 41.5 Å². The van der Waals surface area contributed by atoms with Crippen molar-refractivity contribution in [3.63, 3.8) is 0 Å². The van der Waals surface area contributed by atoms with E-state index in [-0.39, 0.29) is 24.8 Å². The van der Waals surface area contributed by atoms with Gasteiger partial charge in [0.05, 0.1) is 0 Å². The molecular formula is C21H23Cl2Zr.